The van der Waals surface area contributed by atoms with Crippen molar-refractivity contribution in [1.29, 1.82) is 0 Å². The number of alkyl halides is 3. The van der Waals surface area contributed by atoms with E-state index in [1.807, 2.05) is 0 Å². The molecule has 0 bridgehead atoms. The lowest BCUT2D eigenvalue weighted by Crippen LogP contribution is -2.14. The topological polar surface area (TPSA) is 59.8 Å². The first-order valence-corrected chi connectivity index (χ1v) is 5.21. The lowest BCUT2D eigenvalue weighted by Gasteiger charge is -2.08. The minimum Gasteiger partial charge on any atom is -0.321 e. The van der Waals surface area contributed by atoms with E-state index in [-0.39, 0.29) is 11.4 Å². The maximum Gasteiger partial charge on any atom is 0.416 e. The number of nitrogens with one attached hydrogen (secondary N) is 1. The standard InChI is InChI=1S/C11H9F3N4O/c1-18-15-6-9(17-18)10(19)16-8-4-2-3-7(5-8)11(12,13)14/h2-6H,1H3,(H,16,19). The van der Waals surface area contributed by atoms with E-state index in [0.717, 1.165) is 12.1 Å². The molecule has 8 heteroatoms. The molecule has 0 aliphatic rings. The van der Waals surface area contributed by atoms with Crippen molar-refractivity contribution in [2.45, 2.75) is 6.18 Å². The molecule has 0 fully saturated rings. The lowest BCUT2D eigenvalue weighted by molar-refractivity contribution is -0.137. The van der Waals surface area contributed by atoms with Crippen LogP contribution in [0.3, 0.4) is 0 Å². The fourth-order valence-corrected chi connectivity index (χ4v) is 1.42. The number of nitrogens with zero attached hydrogens (tertiary/aromatic N) is 3. The molecule has 19 heavy (non-hydrogen) atoms. The zero-order valence-electron chi connectivity index (χ0n) is 9.77. The highest BCUT2D eigenvalue weighted by Gasteiger charge is 2.30. The molecule has 2 rings (SSSR count). The van der Waals surface area contributed by atoms with Crippen molar-refractivity contribution >= 4 is 11.6 Å². The fourth-order valence-electron chi connectivity index (χ4n) is 1.42. The SMILES string of the molecule is Cn1ncc(C(=O)Nc2cccc(C(F)(F)F)c2)n1. The Hall–Kier alpha value is -2.38. The number of aryl methyl sites for hydroxylation is 1. The van der Waals surface area contributed by atoms with Gasteiger partial charge in [-0.2, -0.15) is 23.1 Å². The molecule has 1 aromatic heterocycles. The molecular weight excluding hydrogens is 261 g/mol. The number of carbonyl (C=O) groups excluding carboxylic acids is 1. The maximum atomic E-state index is 12.5. The van der Waals surface area contributed by atoms with Gasteiger partial charge in [0.15, 0.2) is 5.69 Å². The minimum absolute atomic E-state index is 0.0277. The molecule has 1 N–H and O–H groups in total. The second-order valence-electron chi connectivity index (χ2n) is 3.75. The normalized spacial score (nSPS) is 11.4. The largest absolute Gasteiger partial charge is 0.416 e. The molecule has 0 radical (unpaired) electrons. The van der Waals surface area contributed by atoms with Gasteiger partial charge in [0.05, 0.1) is 11.8 Å². The predicted molar refractivity (Wildman–Crippen MR) is 60.4 cm³/mol. The van der Waals surface area contributed by atoms with Crippen LogP contribution in [0.15, 0.2) is 30.5 Å². The zero-order chi connectivity index (χ0) is 14.0. The number of carbonyl (C=O) groups is 1. The van der Waals surface area contributed by atoms with Crippen LogP contribution in [-0.4, -0.2) is 20.9 Å². The summed E-state index contributed by atoms with van der Waals surface area (Å²) in [5.74, 6) is -0.618. The van der Waals surface area contributed by atoms with Gasteiger partial charge in [-0.3, -0.25) is 4.79 Å². The van der Waals surface area contributed by atoms with Gasteiger partial charge in [-0.05, 0) is 18.2 Å². The molecule has 2 aromatic rings. The van der Waals surface area contributed by atoms with E-state index < -0.39 is 17.6 Å². The molecule has 0 unspecified atom stereocenters. The Labute approximate surface area is 106 Å². The molecule has 0 spiro atoms. The van der Waals surface area contributed by atoms with Crippen molar-refractivity contribution in [2.75, 3.05) is 5.32 Å². The van der Waals surface area contributed by atoms with E-state index in [0.29, 0.717) is 0 Å². The van der Waals surface area contributed by atoms with Gasteiger partial charge in [-0.15, -0.1) is 5.10 Å². The second kappa shape index (κ2) is 4.71. The van der Waals surface area contributed by atoms with E-state index >= 15 is 0 Å². The van der Waals surface area contributed by atoms with Crippen LogP contribution in [0.25, 0.3) is 0 Å². The third kappa shape index (κ3) is 3.09. The van der Waals surface area contributed by atoms with Gasteiger partial charge >= 0.3 is 6.18 Å². The highest BCUT2D eigenvalue weighted by atomic mass is 19.4. The monoisotopic (exact) mass is 270 g/mol. The van der Waals surface area contributed by atoms with Crippen molar-refractivity contribution in [3.8, 4) is 0 Å². The minimum atomic E-state index is -4.45. The average molecular weight is 270 g/mol. The third-order valence-electron chi connectivity index (χ3n) is 2.28. The van der Waals surface area contributed by atoms with Gasteiger partial charge < -0.3 is 5.32 Å². The number of halogens is 3. The second-order valence-corrected chi connectivity index (χ2v) is 3.75. The first kappa shape index (κ1) is 13.1. The summed E-state index contributed by atoms with van der Waals surface area (Å²) in [6.07, 6.45) is -3.23. The molecule has 1 aromatic carbocycles. The molecular formula is C11H9F3N4O. The van der Waals surface area contributed by atoms with Crippen LogP contribution in [0.4, 0.5) is 18.9 Å². The van der Waals surface area contributed by atoms with Gasteiger partial charge in [0.25, 0.3) is 5.91 Å². The van der Waals surface area contributed by atoms with Crippen LogP contribution >= 0.6 is 0 Å². The van der Waals surface area contributed by atoms with E-state index in [1.54, 1.807) is 0 Å². The summed E-state index contributed by atoms with van der Waals surface area (Å²) in [5, 5.41) is 9.78. The van der Waals surface area contributed by atoms with Crippen molar-refractivity contribution in [1.82, 2.24) is 15.0 Å². The van der Waals surface area contributed by atoms with Gasteiger partial charge in [0.2, 0.25) is 0 Å². The smallest absolute Gasteiger partial charge is 0.321 e. The maximum absolute atomic E-state index is 12.5. The quantitative estimate of drug-likeness (QED) is 0.909. The van der Waals surface area contributed by atoms with Gasteiger partial charge in [-0.25, -0.2) is 0 Å². The molecule has 0 saturated carbocycles. The Bertz CT molecular complexity index is 606. The number of hydrogen-bond acceptors (Lipinski definition) is 3. The molecule has 0 aliphatic carbocycles. The van der Waals surface area contributed by atoms with Crippen LogP contribution in [-0.2, 0) is 13.2 Å². The molecule has 0 aliphatic heterocycles. The van der Waals surface area contributed by atoms with E-state index in [1.165, 1.54) is 30.2 Å². The van der Waals surface area contributed by atoms with Crippen LogP contribution in [0, 0.1) is 0 Å². The first-order chi connectivity index (χ1) is 8.86. The Balaban J connectivity index is 2.18. The summed E-state index contributed by atoms with van der Waals surface area (Å²) in [6, 6.07) is 4.37. The predicted octanol–water partition coefficient (Wildman–Crippen LogP) is 2.09. The summed E-state index contributed by atoms with van der Waals surface area (Å²) in [5.41, 5.74) is -0.755. The Morgan fingerprint density at radius 3 is 2.68 bits per heavy atom. The van der Waals surface area contributed by atoms with Crippen molar-refractivity contribution in [3.05, 3.63) is 41.7 Å². The molecule has 0 atom stereocenters. The zero-order valence-corrected chi connectivity index (χ0v) is 9.77. The molecule has 1 amide bonds. The summed E-state index contributed by atoms with van der Waals surface area (Å²) in [6.45, 7) is 0. The van der Waals surface area contributed by atoms with E-state index in [9.17, 15) is 18.0 Å². The van der Waals surface area contributed by atoms with Crippen molar-refractivity contribution in [2.24, 2.45) is 7.05 Å². The van der Waals surface area contributed by atoms with Crippen LogP contribution in [0.5, 0.6) is 0 Å². The molecule has 0 saturated heterocycles. The third-order valence-corrected chi connectivity index (χ3v) is 2.28. The molecule has 5 nitrogen and oxygen atoms in total. The summed E-state index contributed by atoms with van der Waals surface area (Å²) in [4.78, 5) is 12.9. The summed E-state index contributed by atoms with van der Waals surface area (Å²) in [7, 11) is 1.53. The molecule has 1 heterocycles. The van der Waals surface area contributed by atoms with E-state index in [2.05, 4.69) is 15.5 Å². The van der Waals surface area contributed by atoms with Crippen LogP contribution < -0.4 is 5.32 Å². The average Bonchev–Trinajstić information content (AvgIpc) is 2.75. The Morgan fingerprint density at radius 1 is 1.37 bits per heavy atom. The highest BCUT2D eigenvalue weighted by Crippen LogP contribution is 2.30. The molecule has 100 valence electrons. The Kier molecular flexibility index (Phi) is 3.24. The number of rotatable bonds is 2. The van der Waals surface area contributed by atoms with Crippen LogP contribution in [0.2, 0.25) is 0 Å². The van der Waals surface area contributed by atoms with Crippen molar-refractivity contribution < 1.29 is 18.0 Å². The van der Waals surface area contributed by atoms with Gasteiger partial charge in [0, 0.05) is 12.7 Å². The van der Waals surface area contributed by atoms with E-state index in [4.69, 9.17) is 0 Å². The number of anilines is 1. The number of amides is 1. The lowest BCUT2D eigenvalue weighted by atomic mass is 10.2. The van der Waals surface area contributed by atoms with Crippen molar-refractivity contribution in [3.63, 3.8) is 0 Å². The number of aromatic nitrogens is 3. The van der Waals surface area contributed by atoms with Gasteiger partial charge in [0.1, 0.15) is 0 Å². The summed E-state index contributed by atoms with van der Waals surface area (Å²) >= 11 is 0. The number of benzene rings is 1. The fraction of sp³-hybridized carbons (Fsp3) is 0.182. The Morgan fingerprint density at radius 2 is 2.11 bits per heavy atom. The number of hydrogen-bond donors (Lipinski definition) is 1. The first-order valence-electron chi connectivity index (χ1n) is 5.21. The van der Waals surface area contributed by atoms with Crippen LogP contribution in [0.1, 0.15) is 16.1 Å². The van der Waals surface area contributed by atoms with Gasteiger partial charge in [-0.1, -0.05) is 6.07 Å². The summed E-state index contributed by atoms with van der Waals surface area (Å²) < 4.78 is 37.5. The highest BCUT2D eigenvalue weighted by molar-refractivity contribution is 6.02.